The van der Waals surface area contributed by atoms with Gasteiger partial charge in [-0.3, -0.25) is 4.79 Å². The molecule has 7 heteroatoms. The molecule has 0 bridgehead atoms. The molecule has 0 saturated carbocycles. The Morgan fingerprint density at radius 3 is 3.00 bits per heavy atom. The first-order valence-corrected chi connectivity index (χ1v) is 7.66. The smallest absolute Gasteiger partial charge is 0.292 e. The molecule has 4 aromatic rings. The Hall–Kier alpha value is -3.35. The number of anilines is 1. The van der Waals surface area contributed by atoms with Gasteiger partial charge in [0, 0.05) is 17.0 Å². The molecule has 1 N–H and O–H groups in total. The minimum absolute atomic E-state index is 0.145. The quantitative estimate of drug-likeness (QED) is 0.610. The standard InChI is InChI=1S/C18H14FN3O3/c1-11-14-9-12(19)4-5-15(14)25-17(11)18(23)21-16-6-7-20-22(16)10-13-3-2-8-24-13/h2-9H,10H2,1H3,(H,21,23). The molecule has 0 aliphatic rings. The van der Waals surface area contributed by atoms with Gasteiger partial charge in [0.1, 0.15) is 29.5 Å². The molecular formula is C18H14FN3O3. The largest absolute Gasteiger partial charge is 0.467 e. The van der Waals surface area contributed by atoms with Crippen molar-refractivity contribution in [3.8, 4) is 0 Å². The minimum Gasteiger partial charge on any atom is -0.467 e. The molecule has 4 rings (SSSR count). The molecule has 1 aromatic carbocycles. The molecule has 3 heterocycles. The Morgan fingerprint density at radius 1 is 1.32 bits per heavy atom. The Balaban J connectivity index is 1.61. The zero-order chi connectivity index (χ0) is 17.4. The number of furan rings is 2. The molecule has 0 fully saturated rings. The second-order valence-corrected chi connectivity index (χ2v) is 5.60. The third-order valence-electron chi connectivity index (χ3n) is 3.95. The van der Waals surface area contributed by atoms with E-state index in [2.05, 4.69) is 10.4 Å². The van der Waals surface area contributed by atoms with E-state index in [1.54, 1.807) is 36.2 Å². The van der Waals surface area contributed by atoms with Crippen LogP contribution in [0.5, 0.6) is 0 Å². The summed E-state index contributed by atoms with van der Waals surface area (Å²) in [4.78, 5) is 12.6. The molecule has 0 saturated heterocycles. The van der Waals surface area contributed by atoms with E-state index in [1.807, 2.05) is 6.07 Å². The van der Waals surface area contributed by atoms with Gasteiger partial charge in [0.05, 0.1) is 12.5 Å². The number of fused-ring (bicyclic) bond motifs is 1. The van der Waals surface area contributed by atoms with E-state index < -0.39 is 5.91 Å². The van der Waals surface area contributed by atoms with Gasteiger partial charge in [-0.1, -0.05) is 0 Å². The highest BCUT2D eigenvalue weighted by Gasteiger charge is 2.19. The number of benzene rings is 1. The number of carbonyl (C=O) groups excluding carboxylic acids is 1. The van der Waals surface area contributed by atoms with E-state index >= 15 is 0 Å². The average Bonchev–Trinajstić information content (AvgIpc) is 3.31. The van der Waals surface area contributed by atoms with Gasteiger partial charge in [-0.15, -0.1) is 0 Å². The number of nitrogens with one attached hydrogen (secondary N) is 1. The Labute approximate surface area is 141 Å². The van der Waals surface area contributed by atoms with Gasteiger partial charge in [0.25, 0.3) is 5.91 Å². The number of hydrogen-bond donors (Lipinski definition) is 1. The highest BCUT2D eigenvalue weighted by molar-refractivity contribution is 6.06. The minimum atomic E-state index is -0.421. The van der Waals surface area contributed by atoms with Crippen molar-refractivity contribution in [2.24, 2.45) is 0 Å². The SMILES string of the molecule is Cc1c(C(=O)Nc2ccnn2Cc2ccco2)oc2ccc(F)cc12. The van der Waals surface area contributed by atoms with Gasteiger partial charge in [-0.2, -0.15) is 5.10 Å². The van der Waals surface area contributed by atoms with Crippen molar-refractivity contribution in [3.63, 3.8) is 0 Å². The summed E-state index contributed by atoms with van der Waals surface area (Å²) >= 11 is 0. The highest BCUT2D eigenvalue weighted by atomic mass is 19.1. The lowest BCUT2D eigenvalue weighted by atomic mass is 10.1. The Morgan fingerprint density at radius 2 is 2.20 bits per heavy atom. The van der Waals surface area contributed by atoms with Crippen LogP contribution in [0, 0.1) is 12.7 Å². The van der Waals surface area contributed by atoms with Crippen LogP contribution in [-0.2, 0) is 6.54 Å². The van der Waals surface area contributed by atoms with E-state index in [0.717, 1.165) is 5.76 Å². The lowest BCUT2D eigenvalue weighted by Crippen LogP contribution is -2.16. The van der Waals surface area contributed by atoms with Crippen LogP contribution in [0.1, 0.15) is 21.9 Å². The van der Waals surface area contributed by atoms with E-state index in [4.69, 9.17) is 8.83 Å². The molecule has 1 amide bonds. The monoisotopic (exact) mass is 339 g/mol. The van der Waals surface area contributed by atoms with Gasteiger partial charge < -0.3 is 14.2 Å². The maximum Gasteiger partial charge on any atom is 0.292 e. The number of carbonyl (C=O) groups is 1. The number of aromatic nitrogens is 2. The molecule has 0 radical (unpaired) electrons. The van der Waals surface area contributed by atoms with Crippen LogP contribution in [0.15, 0.2) is 57.7 Å². The van der Waals surface area contributed by atoms with Crippen molar-refractivity contribution in [1.82, 2.24) is 9.78 Å². The molecule has 0 aliphatic heterocycles. The van der Waals surface area contributed by atoms with E-state index in [1.165, 1.54) is 18.2 Å². The van der Waals surface area contributed by atoms with Crippen molar-refractivity contribution in [2.75, 3.05) is 5.32 Å². The summed E-state index contributed by atoms with van der Waals surface area (Å²) in [5, 5.41) is 7.52. The van der Waals surface area contributed by atoms with Crippen molar-refractivity contribution < 1.29 is 18.0 Å². The fraction of sp³-hybridized carbons (Fsp3) is 0.111. The fourth-order valence-electron chi connectivity index (χ4n) is 2.70. The normalized spacial score (nSPS) is 11.1. The second-order valence-electron chi connectivity index (χ2n) is 5.60. The number of amides is 1. The summed E-state index contributed by atoms with van der Waals surface area (Å²) in [5.41, 5.74) is 1.05. The lowest BCUT2D eigenvalue weighted by Gasteiger charge is -2.07. The van der Waals surface area contributed by atoms with Crippen LogP contribution in [0.4, 0.5) is 10.2 Å². The zero-order valence-corrected chi connectivity index (χ0v) is 13.3. The molecule has 0 atom stereocenters. The van der Waals surface area contributed by atoms with Gasteiger partial charge >= 0.3 is 0 Å². The van der Waals surface area contributed by atoms with Crippen LogP contribution in [0.25, 0.3) is 11.0 Å². The van der Waals surface area contributed by atoms with Crippen LogP contribution in [0.2, 0.25) is 0 Å². The van der Waals surface area contributed by atoms with Crippen LogP contribution in [0.3, 0.4) is 0 Å². The predicted molar refractivity (Wildman–Crippen MR) is 88.9 cm³/mol. The van der Waals surface area contributed by atoms with Gasteiger partial charge in [-0.25, -0.2) is 9.07 Å². The molecular weight excluding hydrogens is 325 g/mol. The number of aryl methyl sites for hydroxylation is 1. The molecule has 126 valence electrons. The Kier molecular flexibility index (Phi) is 3.61. The number of nitrogens with zero attached hydrogens (tertiary/aromatic N) is 2. The summed E-state index contributed by atoms with van der Waals surface area (Å²) in [6.07, 6.45) is 3.16. The first-order chi connectivity index (χ1) is 12.1. The fourth-order valence-corrected chi connectivity index (χ4v) is 2.70. The maximum absolute atomic E-state index is 13.4. The third-order valence-corrected chi connectivity index (χ3v) is 3.95. The summed E-state index contributed by atoms with van der Waals surface area (Å²) in [5.74, 6) is 0.573. The average molecular weight is 339 g/mol. The van der Waals surface area contributed by atoms with Crippen LogP contribution < -0.4 is 5.32 Å². The van der Waals surface area contributed by atoms with E-state index in [9.17, 15) is 9.18 Å². The predicted octanol–water partition coefficient (Wildman–Crippen LogP) is 3.97. The molecule has 6 nitrogen and oxygen atoms in total. The van der Waals surface area contributed by atoms with E-state index in [-0.39, 0.29) is 11.6 Å². The molecule has 0 unspecified atom stereocenters. The number of hydrogen-bond acceptors (Lipinski definition) is 4. The van der Waals surface area contributed by atoms with Gasteiger partial charge in [0.15, 0.2) is 5.76 Å². The Bertz CT molecular complexity index is 1050. The third kappa shape index (κ3) is 2.80. The summed E-state index contributed by atoms with van der Waals surface area (Å²) in [6.45, 7) is 2.11. The van der Waals surface area contributed by atoms with Crippen molar-refractivity contribution in [3.05, 3.63) is 71.8 Å². The number of rotatable bonds is 4. The maximum atomic E-state index is 13.4. The van der Waals surface area contributed by atoms with Crippen LogP contribution >= 0.6 is 0 Å². The lowest BCUT2D eigenvalue weighted by molar-refractivity contribution is 0.0997. The topological polar surface area (TPSA) is 73.2 Å². The second kappa shape index (κ2) is 5.94. The van der Waals surface area contributed by atoms with Crippen molar-refractivity contribution >= 4 is 22.7 Å². The first kappa shape index (κ1) is 15.2. The van der Waals surface area contributed by atoms with Gasteiger partial charge in [-0.05, 0) is 37.3 Å². The number of halogens is 1. The van der Waals surface area contributed by atoms with Crippen molar-refractivity contribution in [1.29, 1.82) is 0 Å². The molecule has 0 spiro atoms. The van der Waals surface area contributed by atoms with E-state index in [0.29, 0.717) is 28.9 Å². The van der Waals surface area contributed by atoms with Gasteiger partial charge in [0.2, 0.25) is 0 Å². The van der Waals surface area contributed by atoms with Crippen LogP contribution in [-0.4, -0.2) is 15.7 Å². The molecule has 0 aliphatic carbocycles. The molecule has 3 aromatic heterocycles. The summed E-state index contributed by atoms with van der Waals surface area (Å²) in [7, 11) is 0. The first-order valence-electron chi connectivity index (χ1n) is 7.66. The molecule has 25 heavy (non-hydrogen) atoms. The van der Waals surface area contributed by atoms with Crippen molar-refractivity contribution in [2.45, 2.75) is 13.5 Å². The summed E-state index contributed by atoms with van der Waals surface area (Å²) < 4.78 is 25.9. The summed E-state index contributed by atoms with van der Waals surface area (Å²) in [6, 6.07) is 9.45. The highest BCUT2D eigenvalue weighted by Crippen LogP contribution is 2.26. The zero-order valence-electron chi connectivity index (χ0n) is 13.3.